The van der Waals surface area contributed by atoms with Gasteiger partial charge in [0.15, 0.2) is 46.0 Å². The molecule has 0 radical (unpaired) electrons. The van der Waals surface area contributed by atoms with Gasteiger partial charge in [-0.1, -0.05) is 72.8 Å². The highest BCUT2D eigenvalue weighted by molar-refractivity contribution is 6.37. The predicted octanol–water partition coefficient (Wildman–Crippen LogP) is 9.36. The van der Waals surface area contributed by atoms with Gasteiger partial charge in [0, 0.05) is 65.3 Å². The number of furan rings is 2. The van der Waals surface area contributed by atoms with Gasteiger partial charge in [-0.2, -0.15) is 0 Å². The fourth-order valence-electron chi connectivity index (χ4n) is 7.77. The van der Waals surface area contributed by atoms with Crippen molar-refractivity contribution >= 4 is 76.2 Å². The van der Waals surface area contributed by atoms with Crippen molar-refractivity contribution in [3.05, 3.63) is 84.9 Å². The van der Waals surface area contributed by atoms with Gasteiger partial charge in [0.1, 0.15) is 22.3 Å². The van der Waals surface area contributed by atoms with Crippen LogP contribution in [0.5, 0.6) is 46.0 Å². The van der Waals surface area contributed by atoms with Gasteiger partial charge in [0.2, 0.25) is 0 Å². The highest BCUT2D eigenvalue weighted by Crippen LogP contribution is 2.64. The lowest BCUT2D eigenvalue weighted by Gasteiger charge is -2.23. The Hall–Kier alpha value is -7.20. The maximum atomic E-state index is 11.7. The molecule has 2 aromatic heterocycles. The minimum Gasteiger partial charge on any atom is -0.504 e. The zero-order valence-corrected chi connectivity index (χ0v) is 25.5. The Kier molecular flexibility index (Phi) is 5.15. The zero-order chi connectivity index (χ0) is 34.3. The summed E-state index contributed by atoms with van der Waals surface area (Å²) in [4.78, 5) is 0. The molecule has 0 spiro atoms. The molecule has 0 atom stereocenters. The molecule has 0 bridgehead atoms. The molecule has 10 heteroatoms. The standard InChI is InChI=1S/C40H22O10/c41-31-23(19-11-5-9-17-15-7-1-3-13-21(15)49-39(17)19)27-25-26-28(34(44)38(48)29(25)35(31)45)24(32(42)36(46)30(26)37(47)33(27)43)20-12-6-10-18-16-8-2-4-14-22(16)50-40(18)20/h1-14,41-48H. The topological polar surface area (TPSA) is 188 Å². The second kappa shape index (κ2) is 9.24. The van der Waals surface area contributed by atoms with E-state index in [2.05, 4.69) is 0 Å². The van der Waals surface area contributed by atoms with Crippen LogP contribution < -0.4 is 0 Å². The van der Waals surface area contributed by atoms with Crippen LogP contribution in [0.3, 0.4) is 0 Å². The van der Waals surface area contributed by atoms with Gasteiger partial charge in [0.25, 0.3) is 0 Å². The summed E-state index contributed by atoms with van der Waals surface area (Å²) < 4.78 is 12.4. The van der Waals surface area contributed by atoms with Gasteiger partial charge in [0.05, 0.1) is 10.8 Å². The smallest absolute Gasteiger partial charge is 0.170 e. The Labute approximate surface area is 278 Å². The first-order valence-electron chi connectivity index (χ1n) is 15.5. The van der Waals surface area contributed by atoms with Gasteiger partial charge < -0.3 is 49.7 Å². The third kappa shape index (κ3) is 3.17. The van der Waals surface area contributed by atoms with Gasteiger partial charge >= 0.3 is 0 Å². The molecule has 0 unspecified atom stereocenters. The van der Waals surface area contributed by atoms with E-state index in [9.17, 15) is 40.9 Å². The highest BCUT2D eigenvalue weighted by Gasteiger charge is 2.35. The molecule has 50 heavy (non-hydrogen) atoms. The highest BCUT2D eigenvalue weighted by atomic mass is 16.3. The van der Waals surface area contributed by atoms with Crippen molar-refractivity contribution in [2.75, 3.05) is 0 Å². The van der Waals surface area contributed by atoms with Crippen molar-refractivity contribution in [2.24, 2.45) is 0 Å². The summed E-state index contributed by atoms with van der Waals surface area (Å²) >= 11 is 0. The van der Waals surface area contributed by atoms with E-state index in [-0.39, 0.29) is 43.8 Å². The number of para-hydroxylation sites is 4. The fourth-order valence-corrected chi connectivity index (χ4v) is 7.77. The number of phenolic OH excluding ortho intramolecular Hbond substituents is 8. The van der Waals surface area contributed by atoms with Crippen LogP contribution in [0.15, 0.2) is 93.8 Å². The third-order valence-electron chi connectivity index (χ3n) is 9.89. The zero-order valence-electron chi connectivity index (χ0n) is 25.5. The van der Waals surface area contributed by atoms with Crippen LogP contribution in [0.2, 0.25) is 0 Å². The Morgan fingerprint density at radius 2 is 0.640 bits per heavy atom. The van der Waals surface area contributed by atoms with E-state index < -0.39 is 56.8 Å². The number of aromatic hydroxyl groups is 8. The predicted molar refractivity (Wildman–Crippen MR) is 189 cm³/mol. The number of hydrogen-bond donors (Lipinski definition) is 8. The number of benzene rings is 8. The van der Waals surface area contributed by atoms with Crippen molar-refractivity contribution in [1.29, 1.82) is 0 Å². The largest absolute Gasteiger partial charge is 0.504 e. The average molecular weight is 663 g/mol. The number of rotatable bonds is 2. The molecule has 0 aliphatic carbocycles. The van der Waals surface area contributed by atoms with Crippen LogP contribution in [0.4, 0.5) is 0 Å². The fraction of sp³-hybridized carbons (Fsp3) is 0. The summed E-state index contributed by atoms with van der Waals surface area (Å²) in [5, 5.41) is 94.1. The molecule has 8 aromatic carbocycles. The molecule has 10 nitrogen and oxygen atoms in total. The summed E-state index contributed by atoms with van der Waals surface area (Å²) in [6.07, 6.45) is 0. The van der Waals surface area contributed by atoms with E-state index in [1.165, 1.54) is 0 Å². The van der Waals surface area contributed by atoms with Gasteiger partial charge in [-0.3, -0.25) is 0 Å². The monoisotopic (exact) mass is 662 g/mol. The van der Waals surface area contributed by atoms with Crippen molar-refractivity contribution in [1.82, 2.24) is 0 Å². The van der Waals surface area contributed by atoms with E-state index >= 15 is 0 Å². The van der Waals surface area contributed by atoms with Crippen molar-refractivity contribution in [3.63, 3.8) is 0 Å². The van der Waals surface area contributed by atoms with Crippen LogP contribution in [0, 0.1) is 0 Å². The quantitative estimate of drug-likeness (QED) is 0.0654. The molecular weight excluding hydrogens is 640 g/mol. The van der Waals surface area contributed by atoms with E-state index in [1.807, 2.05) is 36.4 Å². The lowest BCUT2D eigenvalue weighted by Crippen LogP contribution is -1.95. The molecule has 10 rings (SSSR count). The van der Waals surface area contributed by atoms with Crippen LogP contribution >= 0.6 is 0 Å². The molecule has 2 heterocycles. The SMILES string of the molecule is Oc1c(O)c2c(O)c(O)c3c(-c4cccc5c4oc4ccccc45)c(O)c(O)c4c(O)c(O)c(c1-c1cccc5c1oc1ccccc15)c2c43. The summed E-state index contributed by atoms with van der Waals surface area (Å²) in [5.74, 6) is -6.73. The number of hydrogen-bond acceptors (Lipinski definition) is 10. The molecule has 0 saturated heterocycles. The molecule has 0 amide bonds. The van der Waals surface area contributed by atoms with Crippen LogP contribution in [0.1, 0.15) is 0 Å². The second-order valence-electron chi connectivity index (χ2n) is 12.3. The van der Waals surface area contributed by atoms with Crippen molar-refractivity contribution in [2.45, 2.75) is 0 Å². The molecule has 10 aromatic rings. The molecule has 0 aliphatic rings. The summed E-state index contributed by atoms with van der Waals surface area (Å²) in [7, 11) is 0. The first kappa shape index (κ1) is 27.9. The molecule has 8 N–H and O–H groups in total. The Balaban J connectivity index is 1.45. The minimum atomic E-state index is -0.890. The van der Waals surface area contributed by atoms with Crippen molar-refractivity contribution in [3.8, 4) is 68.2 Å². The molecule has 242 valence electrons. The van der Waals surface area contributed by atoms with E-state index in [4.69, 9.17) is 8.83 Å². The molecule has 0 saturated carbocycles. The average Bonchev–Trinajstić information content (AvgIpc) is 3.70. The summed E-state index contributed by atoms with van der Waals surface area (Å²) in [5.41, 5.74) is 1.80. The Morgan fingerprint density at radius 1 is 0.300 bits per heavy atom. The van der Waals surface area contributed by atoms with Crippen LogP contribution in [-0.2, 0) is 0 Å². The van der Waals surface area contributed by atoms with Gasteiger partial charge in [-0.15, -0.1) is 0 Å². The van der Waals surface area contributed by atoms with E-state index in [0.717, 1.165) is 10.8 Å². The number of fused-ring (bicyclic) bond motifs is 6. The second-order valence-corrected chi connectivity index (χ2v) is 12.3. The molecule has 0 fully saturated rings. The lowest BCUT2D eigenvalue weighted by atomic mass is 9.83. The first-order valence-corrected chi connectivity index (χ1v) is 15.5. The first-order chi connectivity index (χ1) is 24.2. The maximum absolute atomic E-state index is 11.7. The maximum Gasteiger partial charge on any atom is 0.170 e. The summed E-state index contributed by atoms with van der Waals surface area (Å²) in [6, 6.07) is 24.7. The lowest BCUT2D eigenvalue weighted by molar-refractivity contribution is 0.393. The Bertz CT molecular complexity index is 2920. The van der Waals surface area contributed by atoms with E-state index in [1.54, 1.807) is 48.5 Å². The summed E-state index contributed by atoms with van der Waals surface area (Å²) in [6.45, 7) is 0. The van der Waals surface area contributed by atoms with Crippen LogP contribution in [-0.4, -0.2) is 40.9 Å². The third-order valence-corrected chi connectivity index (χ3v) is 9.89. The van der Waals surface area contributed by atoms with Crippen molar-refractivity contribution < 1.29 is 49.7 Å². The Morgan fingerprint density at radius 3 is 1.06 bits per heavy atom. The van der Waals surface area contributed by atoms with Crippen LogP contribution in [0.25, 0.3) is 98.4 Å². The molecule has 0 aliphatic heterocycles. The minimum absolute atomic E-state index is 0.132. The van der Waals surface area contributed by atoms with Gasteiger partial charge in [-0.25, -0.2) is 0 Å². The number of phenols is 8. The van der Waals surface area contributed by atoms with Gasteiger partial charge in [-0.05, 0) is 12.1 Å². The molecular formula is C40H22O10. The van der Waals surface area contributed by atoms with E-state index in [0.29, 0.717) is 33.1 Å². The normalized spacial score (nSPS) is 12.2.